The van der Waals surface area contributed by atoms with Gasteiger partial charge in [0.15, 0.2) is 5.57 Å². The van der Waals surface area contributed by atoms with Crippen LogP contribution in [-0.4, -0.2) is 0 Å². The van der Waals surface area contributed by atoms with Crippen molar-refractivity contribution in [2.45, 2.75) is 0 Å². The molecule has 0 amide bonds. The fourth-order valence-corrected chi connectivity index (χ4v) is 1.78. The van der Waals surface area contributed by atoms with Crippen LogP contribution in [0.1, 0.15) is 5.76 Å². The van der Waals surface area contributed by atoms with Gasteiger partial charge in [-0.1, -0.05) is 30.3 Å². The molecule has 0 spiro atoms. The Hall–Kier alpha value is -3.75. The van der Waals surface area contributed by atoms with Crippen LogP contribution >= 0.6 is 0 Å². The summed E-state index contributed by atoms with van der Waals surface area (Å²) in [4.78, 5) is 0. The molecule has 0 unspecified atom stereocenters. The Balaban J connectivity index is 2.40. The highest BCUT2D eigenvalue weighted by Gasteiger charge is 2.10. The van der Waals surface area contributed by atoms with Crippen molar-refractivity contribution in [1.29, 1.82) is 15.8 Å². The number of furan rings is 1. The molecule has 0 saturated carbocycles. The molecule has 2 N–H and O–H groups in total. The van der Waals surface area contributed by atoms with E-state index in [1.54, 1.807) is 24.3 Å². The fourth-order valence-electron chi connectivity index (χ4n) is 1.78. The molecule has 0 fully saturated rings. The number of hydrogen-bond acceptors (Lipinski definition) is 5. The van der Waals surface area contributed by atoms with Crippen LogP contribution in [0.4, 0.5) is 0 Å². The number of benzene rings is 1. The van der Waals surface area contributed by atoms with Crippen LogP contribution in [0.25, 0.3) is 17.4 Å². The van der Waals surface area contributed by atoms with Gasteiger partial charge < -0.3 is 10.2 Å². The van der Waals surface area contributed by atoms with Crippen LogP contribution in [0.3, 0.4) is 0 Å². The van der Waals surface area contributed by atoms with Crippen molar-refractivity contribution in [3.63, 3.8) is 0 Å². The van der Waals surface area contributed by atoms with E-state index in [4.69, 9.17) is 25.9 Å². The van der Waals surface area contributed by atoms with Gasteiger partial charge in [-0.25, -0.2) is 0 Å². The fraction of sp³-hybridized carbons (Fsp3) is 0. The van der Waals surface area contributed by atoms with Crippen LogP contribution in [0.15, 0.2) is 63.7 Å². The number of nitrogens with two attached hydrogens (primary N) is 1. The minimum Gasteiger partial charge on any atom is -0.457 e. The number of nitriles is 3. The highest BCUT2D eigenvalue weighted by atomic mass is 16.3. The Morgan fingerprint density at radius 3 is 2.23 bits per heavy atom. The van der Waals surface area contributed by atoms with Crippen LogP contribution in [0, 0.1) is 34.0 Å². The smallest absolute Gasteiger partial charge is 0.153 e. The second-order valence-electron chi connectivity index (χ2n) is 4.25. The van der Waals surface area contributed by atoms with Crippen molar-refractivity contribution in [3.05, 3.63) is 65.1 Å². The SMILES string of the molecule is N#CC(C#N)=C(N)/C(C#N)=C/c1ccc(-c2ccccc2)o1. The van der Waals surface area contributed by atoms with E-state index in [0.29, 0.717) is 11.5 Å². The van der Waals surface area contributed by atoms with Gasteiger partial charge in [-0.15, -0.1) is 0 Å². The molecule has 22 heavy (non-hydrogen) atoms. The molecule has 2 rings (SSSR count). The summed E-state index contributed by atoms with van der Waals surface area (Å²) in [5, 5.41) is 26.7. The zero-order valence-corrected chi connectivity index (χ0v) is 11.4. The standard InChI is InChI=1S/C17H10N4O/c18-9-13(17(21)14(10-19)11-20)8-15-6-7-16(22-15)12-4-2-1-3-5-12/h1-8H,21H2/b13-8+. The summed E-state index contributed by atoms with van der Waals surface area (Å²) >= 11 is 0. The molecule has 1 aromatic heterocycles. The molecule has 0 aliphatic rings. The molecular weight excluding hydrogens is 276 g/mol. The Morgan fingerprint density at radius 2 is 1.64 bits per heavy atom. The second-order valence-corrected chi connectivity index (χ2v) is 4.25. The molecule has 1 aromatic carbocycles. The molecule has 0 aliphatic heterocycles. The molecule has 104 valence electrons. The third kappa shape index (κ3) is 3.04. The zero-order chi connectivity index (χ0) is 15.9. The summed E-state index contributed by atoms with van der Waals surface area (Å²) in [6, 6.07) is 18.1. The molecule has 5 nitrogen and oxygen atoms in total. The third-order valence-corrected chi connectivity index (χ3v) is 2.88. The summed E-state index contributed by atoms with van der Waals surface area (Å²) in [7, 11) is 0. The lowest BCUT2D eigenvalue weighted by atomic mass is 10.1. The van der Waals surface area contributed by atoms with E-state index in [2.05, 4.69) is 0 Å². The van der Waals surface area contributed by atoms with Crippen LogP contribution in [-0.2, 0) is 0 Å². The summed E-state index contributed by atoms with van der Waals surface area (Å²) < 4.78 is 5.63. The number of allylic oxidation sites excluding steroid dienone is 2. The predicted octanol–water partition coefficient (Wildman–Crippen LogP) is 3.11. The number of nitrogens with zero attached hydrogens (tertiary/aromatic N) is 3. The van der Waals surface area contributed by atoms with E-state index in [1.807, 2.05) is 36.4 Å². The molecule has 0 radical (unpaired) electrons. The van der Waals surface area contributed by atoms with Gasteiger partial charge in [0.05, 0.1) is 11.3 Å². The Labute approximate surface area is 127 Å². The van der Waals surface area contributed by atoms with E-state index in [0.717, 1.165) is 5.56 Å². The monoisotopic (exact) mass is 286 g/mol. The molecule has 0 atom stereocenters. The number of hydrogen-bond donors (Lipinski definition) is 1. The summed E-state index contributed by atoms with van der Waals surface area (Å²) in [5.74, 6) is 1.06. The van der Waals surface area contributed by atoms with E-state index in [1.165, 1.54) is 6.08 Å². The minimum absolute atomic E-state index is 0.00654. The summed E-state index contributed by atoms with van der Waals surface area (Å²) in [6.07, 6.45) is 1.40. The maximum absolute atomic E-state index is 9.13. The highest BCUT2D eigenvalue weighted by molar-refractivity contribution is 5.66. The highest BCUT2D eigenvalue weighted by Crippen LogP contribution is 2.23. The second kappa shape index (κ2) is 6.61. The maximum atomic E-state index is 9.13. The maximum Gasteiger partial charge on any atom is 0.153 e. The van der Waals surface area contributed by atoms with Gasteiger partial charge in [-0.3, -0.25) is 0 Å². The molecule has 5 heteroatoms. The number of rotatable bonds is 3. The van der Waals surface area contributed by atoms with E-state index < -0.39 is 0 Å². The molecule has 0 bridgehead atoms. The lowest BCUT2D eigenvalue weighted by Gasteiger charge is -1.98. The van der Waals surface area contributed by atoms with E-state index in [9.17, 15) is 0 Å². The topological polar surface area (TPSA) is 111 Å². The van der Waals surface area contributed by atoms with Crippen molar-refractivity contribution in [1.82, 2.24) is 0 Å². The van der Waals surface area contributed by atoms with Crippen LogP contribution in [0.2, 0.25) is 0 Å². The van der Waals surface area contributed by atoms with Gasteiger partial charge in [0.25, 0.3) is 0 Å². The first-order chi connectivity index (χ1) is 10.7. The average molecular weight is 286 g/mol. The Morgan fingerprint density at radius 1 is 0.955 bits per heavy atom. The largest absolute Gasteiger partial charge is 0.457 e. The zero-order valence-electron chi connectivity index (χ0n) is 11.4. The van der Waals surface area contributed by atoms with E-state index in [-0.39, 0.29) is 16.8 Å². The summed E-state index contributed by atoms with van der Waals surface area (Å²) in [5.41, 5.74) is 6.10. The minimum atomic E-state index is -0.303. The molecule has 2 aromatic rings. The summed E-state index contributed by atoms with van der Waals surface area (Å²) in [6.45, 7) is 0. The Bertz CT molecular complexity index is 852. The van der Waals surface area contributed by atoms with Gasteiger partial charge in [-0.05, 0) is 12.1 Å². The molecular formula is C17H10N4O. The van der Waals surface area contributed by atoms with E-state index >= 15 is 0 Å². The van der Waals surface area contributed by atoms with Gasteiger partial charge in [0.2, 0.25) is 0 Å². The van der Waals surface area contributed by atoms with Crippen molar-refractivity contribution in [2.75, 3.05) is 0 Å². The van der Waals surface area contributed by atoms with Gasteiger partial charge in [0.1, 0.15) is 29.7 Å². The normalized spacial score (nSPS) is 10.1. The molecule has 0 saturated heterocycles. The quantitative estimate of drug-likeness (QED) is 0.688. The third-order valence-electron chi connectivity index (χ3n) is 2.88. The van der Waals surface area contributed by atoms with Crippen molar-refractivity contribution >= 4 is 6.08 Å². The van der Waals surface area contributed by atoms with Gasteiger partial charge >= 0.3 is 0 Å². The first-order valence-corrected chi connectivity index (χ1v) is 6.27. The van der Waals surface area contributed by atoms with Gasteiger partial charge in [-0.2, -0.15) is 15.8 Å². The Kier molecular flexibility index (Phi) is 4.40. The van der Waals surface area contributed by atoms with Crippen molar-refractivity contribution in [2.24, 2.45) is 5.73 Å². The lowest BCUT2D eigenvalue weighted by Crippen LogP contribution is -2.03. The van der Waals surface area contributed by atoms with Crippen LogP contribution in [0.5, 0.6) is 0 Å². The van der Waals surface area contributed by atoms with Crippen molar-refractivity contribution in [3.8, 4) is 29.5 Å². The van der Waals surface area contributed by atoms with Crippen molar-refractivity contribution < 1.29 is 4.42 Å². The average Bonchev–Trinajstić information content (AvgIpc) is 3.03. The van der Waals surface area contributed by atoms with Gasteiger partial charge in [0, 0.05) is 11.6 Å². The van der Waals surface area contributed by atoms with Crippen LogP contribution < -0.4 is 5.73 Å². The first-order valence-electron chi connectivity index (χ1n) is 6.27. The molecule has 1 heterocycles. The predicted molar refractivity (Wildman–Crippen MR) is 80.2 cm³/mol. The first kappa shape index (κ1) is 14.7. The molecule has 0 aliphatic carbocycles. The lowest BCUT2D eigenvalue weighted by molar-refractivity contribution is 0.571.